The Morgan fingerprint density at radius 2 is 1.89 bits per heavy atom. The van der Waals surface area contributed by atoms with Gasteiger partial charge in [-0.05, 0) is 31.1 Å². The van der Waals surface area contributed by atoms with E-state index in [0.717, 1.165) is 24.1 Å². The first-order valence-electron chi connectivity index (χ1n) is 2.90. The molecule has 0 fully saturated rings. The maximum atomic E-state index is 5.27. The number of rotatable bonds is 4. The predicted molar refractivity (Wildman–Crippen MR) is 48.9 cm³/mol. The summed E-state index contributed by atoms with van der Waals surface area (Å²) in [4.78, 5) is 1.62. The van der Waals surface area contributed by atoms with Crippen molar-refractivity contribution in [3.05, 3.63) is 0 Å². The second kappa shape index (κ2) is 4.82. The van der Waals surface area contributed by atoms with E-state index in [1.54, 1.807) is 0 Å². The Kier molecular flexibility index (Phi) is 4.81. The van der Waals surface area contributed by atoms with Crippen molar-refractivity contribution in [1.29, 1.82) is 0 Å². The minimum absolute atomic E-state index is 0.589. The zero-order valence-corrected chi connectivity index (χ0v) is 7.15. The molecule has 0 amide bonds. The van der Waals surface area contributed by atoms with Crippen LogP contribution in [-0.2, 0) is 0 Å². The Morgan fingerprint density at radius 3 is 2.22 bits per heavy atom. The number of hydrogen-bond acceptors (Lipinski definition) is 2. The first-order chi connectivity index (χ1) is 4.13. The summed E-state index contributed by atoms with van der Waals surface area (Å²) in [5, 5.41) is 0. The lowest BCUT2D eigenvalue weighted by Gasteiger charge is -1.95. The van der Waals surface area contributed by atoms with Gasteiger partial charge in [0.25, 0.3) is 0 Å². The van der Waals surface area contributed by atoms with Gasteiger partial charge in [0, 0.05) is 0 Å². The molecule has 0 saturated carbocycles. The average molecular weight is 161 g/mol. The van der Waals surface area contributed by atoms with Gasteiger partial charge in [-0.25, -0.2) is 0 Å². The van der Waals surface area contributed by atoms with Gasteiger partial charge in [-0.3, -0.25) is 0 Å². The van der Waals surface area contributed by atoms with E-state index in [4.69, 9.17) is 18.0 Å². The monoisotopic (exact) mass is 161 g/mol. The van der Waals surface area contributed by atoms with Gasteiger partial charge in [-0.15, -0.1) is 0 Å². The van der Waals surface area contributed by atoms with E-state index in [1.807, 2.05) is 6.92 Å². The molecule has 0 aliphatic heterocycles. The Hall–Kier alpha value is -0.0200. The maximum absolute atomic E-state index is 5.27. The van der Waals surface area contributed by atoms with E-state index < -0.39 is 0 Å². The molecule has 0 saturated heterocycles. The van der Waals surface area contributed by atoms with Gasteiger partial charge in [0.15, 0.2) is 0 Å². The van der Waals surface area contributed by atoms with Gasteiger partial charge in [0.2, 0.25) is 0 Å². The molecule has 3 heteroatoms. The highest BCUT2D eigenvalue weighted by Crippen LogP contribution is 1.96. The van der Waals surface area contributed by atoms with Crippen molar-refractivity contribution in [3.8, 4) is 0 Å². The molecule has 52 valence electrons. The SMILES string of the molecule is CC(=S)CCCC(N)=S. The number of thiocarbonyl (C=S) groups is 2. The molecule has 0 aliphatic carbocycles. The molecule has 0 atom stereocenters. The average Bonchev–Trinajstić information content (AvgIpc) is 1.63. The zero-order chi connectivity index (χ0) is 7.28. The first-order valence-corrected chi connectivity index (χ1v) is 3.72. The summed E-state index contributed by atoms with van der Waals surface area (Å²) in [5.74, 6) is 0. The third kappa shape index (κ3) is 7.98. The molecule has 1 nitrogen and oxygen atoms in total. The van der Waals surface area contributed by atoms with E-state index in [9.17, 15) is 0 Å². The molecule has 0 aromatic heterocycles. The number of hydrogen-bond donors (Lipinski definition) is 1. The fourth-order valence-electron chi connectivity index (χ4n) is 0.512. The van der Waals surface area contributed by atoms with Gasteiger partial charge in [-0.2, -0.15) is 0 Å². The minimum Gasteiger partial charge on any atom is -0.393 e. The molecule has 0 aliphatic rings. The van der Waals surface area contributed by atoms with Crippen LogP contribution in [0, 0.1) is 0 Å². The largest absolute Gasteiger partial charge is 0.393 e. The third-order valence-corrected chi connectivity index (χ3v) is 1.36. The molecule has 0 heterocycles. The van der Waals surface area contributed by atoms with Crippen molar-refractivity contribution < 1.29 is 0 Å². The van der Waals surface area contributed by atoms with Crippen molar-refractivity contribution in [2.24, 2.45) is 5.73 Å². The second-order valence-corrected chi connectivity index (χ2v) is 3.24. The van der Waals surface area contributed by atoms with Crippen LogP contribution in [0.3, 0.4) is 0 Å². The van der Waals surface area contributed by atoms with E-state index in [2.05, 4.69) is 12.2 Å². The van der Waals surface area contributed by atoms with Crippen molar-refractivity contribution >= 4 is 34.3 Å². The Balaban J connectivity index is 3.10. The lowest BCUT2D eigenvalue weighted by Crippen LogP contribution is -2.07. The molecule has 0 radical (unpaired) electrons. The van der Waals surface area contributed by atoms with Gasteiger partial charge < -0.3 is 5.73 Å². The minimum atomic E-state index is 0.589. The molecule has 0 aromatic carbocycles. The summed E-state index contributed by atoms with van der Waals surface area (Å²) in [5.41, 5.74) is 5.27. The summed E-state index contributed by atoms with van der Waals surface area (Å²) >= 11 is 9.55. The maximum Gasteiger partial charge on any atom is 0.0727 e. The molecule has 0 aromatic rings. The molecule has 0 unspecified atom stereocenters. The molecule has 0 bridgehead atoms. The topological polar surface area (TPSA) is 26.0 Å². The molecular weight excluding hydrogens is 150 g/mol. The molecule has 9 heavy (non-hydrogen) atoms. The highest BCUT2D eigenvalue weighted by Gasteiger charge is 1.90. The van der Waals surface area contributed by atoms with Crippen LogP contribution < -0.4 is 5.73 Å². The number of nitrogens with two attached hydrogens (primary N) is 1. The van der Waals surface area contributed by atoms with E-state index in [1.165, 1.54) is 0 Å². The van der Waals surface area contributed by atoms with E-state index in [0.29, 0.717) is 4.99 Å². The zero-order valence-electron chi connectivity index (χ0n) is 5.52. The standard InChI is InChI=1S/C6H11NS2/c1-5(8)3-2-4-6(7)9/h2-4H2,1H3,(H2,7,9). The first kappa shape index (κ1) is 8.98. The molecule has 2 N–H and O–H groups in total. The summed E-state index contributed by atoms with van der Waals surface area (Å²) in [6, 6.07) is 0. The fourth-order valence-corrected chi connectivity index (χ4v) is 0.800. The summed E-state index contributed by atoms with van der Waals surface area (Å²) < 4.78 is 0. The van der Waals surface area contributed by atoms with Crippen LogP contribution in [0.2, 0.25) is 0 Å². The third-order valence-electron chi connectivity index (χ3n) is 0.952. The van der Waals surface area contributed by atoms with Crippen LogP contribution >= 0.6 is 24.4 Å². The summed E-state index contributed by atoms with van der Waals surface area (Å²) in [6.07, 6.45) is 2.79. The normalized spacial score (nSPS) is 9.00. The van der Waals surface area contributed by atoms with Gasteiger partial charge in [0.1, 0.15) is 0 Å². The highest BCUT2D eigenvalue weighted by molar-refractivity contribution is 7.80. The van der Waals surface area contributed by atoms with E-state index in [-0.39, 0.29) is 0 Å². The van der Waals surface area contributed by atoms with Crippen LogP contribution in [0.15, 0.2) is 0 Å². The summed E-state index contributed by atoms with van der Waals surface area (Å²) in [7, 11) is 0. The quantitative estimate of drug-likeness (QED) is 0.637. The van der Waals surface area contributed by atoms with Crippen molar-refractivity contribution in [2.45, 2.75) is 26.2 Å². The smallest absolute Gasteiger partial charge is 0.0727 e. The van der Waals surface area contributed by atoms with Crippen LogP contribution in [0.4, 0.5) is 0 Å². The van der Waals surface area contributed by atoms with Crippen molar-refractivity contribution in [1.82, 2.24) is 0 Å². The van der Waals surface area contributed by atoms with E-state index >= 15 is 0 Å². The van der Waals surface area contributed by atoms with Crippen LogP contribution in [-0.4, -0.2) is 9.85 Å². The Labute approximate surface area is 66.6 Å². The van der Waals surface area contributed by atoms with Gasteiger partial charge in [0.05, 0.1) is 4.99 Å². The predicted octanol–water partition coefficient (Wildman–Crippen LogP) is 1.83. The lowest BCUT2D eigenvalue weighted by atomic mass is 10.2. The van der Waals surface area contributed by atoms with Crippen molar-refractivity contribution in [2.75, 3.05) is 0 Å². The lowest BCUT2D eigenvalue weighted by molar-refractivity contribution is 0.930. The summed E-state index contributed by atoms with van der Waals surface area (Å²) in [6.45, 7) is 1.94. The Morgan fingerprint density at radius 1 is 1.33 bits per heavy atom. The highest BCUT2D eigenvalue weighted by atomic mass is 32.1. The Bertz CT molecular complexity index is 106. The molecular formula is C6H11NS2. The second-order valence-electron chi connectivity index (χ2n) is 2.02. The fraction of sp³-hybridized carbons (Fsp3) is 0.667. The van der Waals surface area contributed by atoms with Crippen LogP contribution in [0.5, 0.6) is 0 Å². The van der Waals surface area contributed by atoms with Crippen LogP contribution in [0.1, 0.15) is 26.2 Å². The molecule has 0 spiro atoms. The van der Waals surface area contributed by atoms with Gasteiger partial charge in [-0.1, -0.05) is 24.4 Å². The van der Waals surface area contributed by atoms with Crippen LogP contribution in [0.25, 0.3) is 0 Å². The van der Waals surface area contributed by atoms with Crippen molar-refractivity contribution in [3.63, 3.8) is 0 Å². The van der Waals surface area contributed by atoms with Gasteiger partial charge >= 0.3 is 0 Å². The molecule has 0 rings (SSSR count).